The van der Waals surface area contributed by atoms with Gasteiger partial charge in [0.2, 0.25) is 6.79 Å². The highest BCUT2D eigenvalue weighted by Crippen LogP contribution is 2.54. The van der Waals surface area contributed by atoms with E-state index in [9.17, 15) is 19.8 Å². The minimum absolute atomic E-state index is 0.0314. The number of fused-ring (bicyclic) bond motifs is 6. The van der Waals surface area contributed by atoms with Crippen LogP contribution in [0.15, 0.2) is 30.3 Å². The van der Waals surface area contributed by atoms with Gasteiger partial charge >= 0.3 is 11.9 Å². The molecule has 16 nitrogen and oxygen atoms in total. The number of nitrogens with one attached hydrogen (secondary N) is 1. The van der Waals surface area contributed by atoms with Gasteiger partial charge in [-0.3, -0.25) is 9.59 Å². The van der Waals surface area contributed by atoms with Crippen LogP contribution in [0.1, 0.15) is 29.6 Å². The number of carboxylic acid groups (broad SMARTS) is 1. The summed E-state index contributed by atoms with van der Waals surface area (Å²) in [6, 6.07) is 8.25. The first-order chi connectivity index (χ1) is 21.7. The zero-order chi connectivity index (χ0) is 31.7. The second-order valence-corrected chi connectivity index (χ2v) is 11.0. The van der Waals surface area contributed by atoms with Crippen molar-refractivity contribution < 1.29 is 67.8 Å². The Morgan fingerprint density at radius 3 is 2.62 bits per heavy atom. The Labute approximate surface area is 256 Å². The van der Waals surface area contributed by atoms with Crippen LogP contribution in [0, 0.1) is 0 Å². The van der Waals surface area contributed by atoms with Crippen molar-refractivity contribution in [2.24, 2.45) is 5.73 Å². The van der Waals surface area contributed by atoms with E-state index in [2.05, 4.69) is 5.32 Å². The van der Waals surface area contributed by atoms with E-state index in [-0.39, 0.29) is 31.2 Å². The van der Waals surface area contributed by atoms with Crippen molar-refractivity contribution in [2.45, 2.75) is 55.2 Å². The van der Waals surface area contributed by atoms with E-state index >= 15 is 0 Å². The average Bonchev–Trinajstić information content (AvgIpc) is 3.62. The number of esters is 1. The fourth-order valence-electron chi connectivity index (χ4n) is 5.56. The summed E-state index contributed by atoms with van der Waals surface area (Å²) in [6.07, 6.45) is -8.45. The Bertz CT molecular complexity index is 1410. The number of carboxylic acids is 1. The maximum Gasteiger partial charge on any atom is 0.317 e. The minimum atomic E-state index is -1.63. The Morgan fingerprint density at radius 2 is 1.84 bits per heavy atom. The van der Waals surface area contributed by atoms with Gasteiger partial charge in [0.15, 0.2) is 29.6 Å². The number of benzene rings is 2. The van der Waals surface area contributed by atoms with E-state index in [4.69, 9.17) is 53.8 Å². The number of aliphatic hydroxyl groups is 2. The Hall–Kier alpha value is -3.90. The van der Waals surface area contributed by atoms with Gasteiger partial charge in [0.25, 0.3) is 0 Å². The van der Waals surface area contributed by atoms with E-state index in [1.807, 2.05) is 6.07 Å². The first kappa shape index (κ1) is 31.1. The first-order valence-corrected chi connectivity index (χ1v) is 14.3. The van der Waals surface area contributed by atoms with Crippen LogP contribution in [0.3, 0.4) is 0 Å². The molecule has 0 spiro atoms. The maximum atomic E-state index is 11.7. The van der Waals surface area contributed by atoms with Crippen molar-refractivity contribution >= 4 is 11.9 Å². The molecule has 0 aliphatic carbocycles. The minimum Gasteiger partial charge on any atom is -0.492 e. The zero-order valence-electron chi connectivity index (χ0n) is 24.2. The number of likely N-dealkylation sites (N-methyl/N-ethyl adjacent to an activating group) is 1. The smallest absolute Gasteiger partial charge is 0.317 e. The van der Waals surface area contributed by atoms with Crippen molar-refractivity contribution in [3.8, 4) is 28.7 Å². The maximum absolute atomic E-state index is 11.7. The van der Waals surface area contributed by atoms with Crippen LogP contribution in [0.4, 0.5) is 0 Å². The summed E-state index contributed by atoms with van der Waals surface area (Å²) in [7, 11) is 1.72. The number of hydrogen-bond acceptors (Lipinski definition) is 15. The van der Waals surface area contributed by atoms with E-state index in [0.29, 0.717) is 41.7 Å². The molecule has 0 saturated carbocycles. The molecule has 6 rings (SSSR count). The van der Waals surface area contributed by atoms with Crippen molar-refractivity contribution in [3.63, 3.8) is 0 Å². The predicted octanol–water partition coefficient (Wildman–Crippen LogP) is -0.268. The molecule has 0 amide bonds. The van der Waals surface area contributed by atoms with Crippen LogP contribution in [-0.4, -0.2) is 104 Å². The molecule has 2 aromatic carbocycles. The highest BCUT2D eigenvalue weighted by molar-refractivity contribution is 5.90. The molecular formula is C29H34N2O14. The molecule has 1 saturated heterocycles. The lowest BCUT2D eigenvalue weighted by Gasteiger charge is -2.41. The molecule has 4 aliphatic heterocycles. The summed E-state index contributed by atoms with van der Waals surface area (Å²) in [6.45, 7) is 0.378. The Kier molecular flexibility index (Phi) is 9.14. The largest absolute Gasteiger partial charge is 0.492 e. The van der Waals surface area contributed by atoms with Gasteiger partial charge < -0.3 is 64.4 Å². The topological polar surface area (TPSA) is 216 Å². The number of rotatable bonds is 12. The van der Waals surface area contributed by atoms with Crippen LogP contribution in [0.5, 0.6) is 28.7 Å². The van der Waals surface area contributed by atoms with Gasteiger partial charge in [0, 0.05) is 29.8 Å². The molecule has 6 N–H and O–H groups in total. The highest BCUT2D eigenvalue weighted by atomic mass is 17.2. The van der Waals surface area contributed by atoms with Crippen LogP contribution < -0.4 is 34.9 Å². The summed E-state index contributed by atoms with van der Waals surface area (Å²) in [4.78, 5) is 33.7. The zero-order valence-corrected chi connectivity index (χ0v) is 24.2. The number of carbonyl (C=O) groups is 2. The summed E-state index contributed by atoms with van der Waals surface area (Å²) in [5.41, 5.74) is 7.68. The summed E-state index contributed by atoms with van der Waals surface area (Å²) in [5, 5.41) is 33.4. The molecule has 0 radical (unpaired) electrons. The molecule has 2 aromatic rings. The Morgan fingerprint density at radius 1 is 1.04 bits per heavy atom. The molecule has 16 heteroatoms. The average molecular weight is 635 g/mol. The van der Waals surface area contributed by atoms with Crippen LogP contribution in [0.2, 0.25) is 0 Å². The van der Waals surface area contributed by atoms with Crippen LogP contribution in [-0.2, 0) is 28.7 Å². The van der Waals surface area contributed by atoms with Gasteiger partial charge in [-0.25, -0.2) is 0 Å². The highest BCUT2D eigenvalue weighted by Gasteiger charge is 2.48. The summed E-state index contributed by atoms with van der Waals surface area (Å²) in [5.74, 6) is 0.245. The number of hydrogen-bond donors (Lipinski definition) is 5. The van der Waals surface area contributed by atoms with Gasteiger partial charge in [-0.05, 0) is 31.3 Å². The third-order valence-corrected chi connectivity index (χ3v) is 7.78. The van der Waals surface area contributed by atoms with Gasteiger partial charge in [0.05, 0.1) is 19.1 Å². The normalized spacial score (nSPS) is 28.1. The number of aliphatic hydroxyl groups excluding tert-OH is 2. The molecule has 4 heterocycles. The molecule has 8 atom stereocenters. The fraction of sp³-hybridized carbons (Fsp3) is 0.517. The molecule has 1 fully saturated rings. The van der Waals surface area contributed by atoms with Gasteiger partial charge in [-0.2, -0.15) is 4.89 Å². The van der Waals surface area contributed by atoms with E-state index in [0.717, 1.165) is 5.56 Å². The molecule has 0 unspecified atom stereocenters. The van der Waals surface area contributed by atoms with Crippen molar-refractivity contribution in [2.75, 3.05) is 40.2 Å². The van der Waals surface area contributed by atoms with E-state index < -0.39 is 61.7 Å². The van der Waals surface area contributed by atoms with E-state index in [1.165, 1.54) is 0 Å². The first-order valence-electron chi connectivity index (χ1n) is 14.3. The number of ether oxygens (including phenoxy) is 7. The molecular weight excluding hydrogens is 600 g/mol. The molecule has 244 valence electrons. The lowest BCUT2D eigenvalue weighted by Crippen LogP contribution is -2.61. The third kappa shape index (κ3) is 6.57. The standard InChI is InChI=1S/C29H34N2O14/c1-31-8-13(30)9-39-29-28(26(36)25(35)22(43-29)11-38-24(34)7-23(32)33)45-44-14-2-3-18-16(4-14)27-17(10-37-18)15-5-20-21(41-12-40-20)6-19(15)42-27/h2-6,13,17,22,25-29,31,35-36H,7-12,30H2,1H3,(H,32,33)/t13-,17+,22+,25+,26-,27-,28+,29-/m0/s1. The monoisotopic (exact) mass is 634 g/mol. The van der Waals surface area contributed by atoms with Crippen molar-refractivity contribution in [3.05, 3.63) is 41.5 Å². The SMILES string of the molecule is CNC[C@H](N)CO[C@H]1O[C@H](COC(=O)CC(=O)O)[C@@H](O)[C@H](O)[C@H]1OOc1ccc2c(c1)[C@@H]1Oc3cc4c(cc3[C@H]1CO2)OCO4. The fourth-order valence-corrected chi connectivity index (χ4v) is 5.56. The quantitative estimate of drug-likeness (QED) is 0.0879. The third-order valence-electron chi connectivity index (χ3n) is 7.78. The summed E-state index contributed by atoms with van der Waals surface area (Å²) >= 11 is 0. The number of carbonyl (C=O) groups excluding carboxylic acids is 1. The molecule has 45 heavy (non-hydrogen) atoms. The van der Waals surface area contributed by atoms with Crippen LogP contribution >= 0.6 is 0 Å². The van der Waals surface area contributed by atoms with Crippen molar-refractivity contribution in [1.82, 2.24) is 5.32 Å². The van der Waals surface area contributed by atoms with E-state index in [1.54, 1.807) is 31.3 Å². The molecule has 0 aromatic heterocycles. The summed E-state index contributed by atoms with van der Waals surface area (Å²) < 4.78 is 39.8. The predicted molar refractivity (Wildman–Crippen MR) is 148 cm³/mol. The van der Waals surface area contributed by atoms with Gasteiger partial charge in [-0.1, -0.05) is 0 Å². The molecule has 0 bridgehead atoms. The molecule has 4 aliphatic rings. The number of aliphatic carboxylic acids is 1. The van der Waals surface area contributed by atoms with Crippen LogP contribution in [0.25, 0.3) is 0 Å². The van der Waals surface area contributed by atoms with Crippen molar-refractivity contribution in [1.29, 1.82) is 0 Å². The van der Waals surface area contributed by atoms with Gasteiger partial charge in [0.1, 0.15) is 48.9 Å². The number of nitrogens with two attached hydrogens (primary N) is 1. The van der Waals surface area contributed by atoms with Gasteiger partial charge in [-0.15, -0.1) is 0 Å². The lowest BCUT2D eigenvalue weighted by molar-refractivity contribution is -0.372. The Balaban J connectivity index is 1.14. The lowest BCUT2D eigenvalue weighted by atomic mass is 9.89. The second kappa shape index (κ2) is 13.2. The second-order valence-electron chi connectivity index (χ2n) is 11.0.